The highest BCUT2D eigenvalue weighted by Gasteiger charge is 2.27. The first-order valence-electron chi connectivity index (χ1n) is 13.6. The van der Waals surface area contributed by atoms with Crippen molar-refractivity contribution in [2.75, 3.05) is 6.61 Å². The molecule has 0 saturated heterocycles. The second-order valence-corrected chi connectivity index (χ2v) is 11.2. The van der Waals surface area contributed by atoms with E-state index < -0.39 is 33.9 Å². The summed E-state index contributed by atoms with van der Waals surface area (Å²) < 4.78 is 63.5. The molecule has 2 aromatic rings. The van der Waals surface area contributed by atoms with Crippen molar-refractivity contribution in [1.29, 1.82) is 0 Å². The molecule has 4 rings (SSSR count). The van der Waals surface area contributed by atoms with Gasteiger partial charge in [-0.3, -0.25) is 0 Å². The lowest BCUT2D eigenvalue weighted by molar-refractivity contribution is 0.0151. The highest BCUT2D eigenvalue weighted by molar-refractivity contribution is 6.31. The van der Waals surface area contributed by atoms with E-state index >= 15 is 0 Å². The fraction of sp³-hybridized carbons (Fsp3) is 0.600. The molecule has 36 heavy (non-hydrogen) atoms. The molecule has 2 aliphatic rings. The van der Waals surface area contributed by atoms with Crippen LogP contribution in [0, 0.1) is 35.1 Å². The van der Waals surface area contributed by atoms with Crippen molar-refractivity contribution in [2.45, 2.75) is 96.0 Å². The molecule has 2 saturated carbocycles. The van der Waals surface area contributed by atoms with Gasteiger partial charge in [-0.2, -0.15) is 0 Å². The van der Waals surface area contributed by atoms with Crippen LogP contribution in [0.5, 0.6) is 0 Å². The molecule has 2 fully saturated rings. The van der Waals surface area contributed by atoms with Crippen molar-refractivity contribution < 1.29 is 22.3 Å². The molecule has 1 nitrogen and oxygen atoms in total. The summed E-state index contributed by atoms with van der Waals surface area (Å²) in [5.74, 6) is -2.11. The molecule has 0 bridgehead atoms. The maximum atomic E-state index is 14.9. The Balaban J connectivity index is 1.27. The summed E-state index contributed by atoms with van der Waals surface area (Å²) in [7, 11) is 0. The zero-order chi connectivity index (χ0) is 25.7. The standard InChI is InChI=1S/C30H37ClF4O/c1-2-3-14-36-24-12-8-20(9-13-24)5-4-19-6-10-21(11-7-19)22-15-25(32)29(26(33)16-22)23-17-27(34)30(31)28(35)18-23/h15-21,24H,2-14H2,1H3. The minimum absolute atomic E-state index is 0.105. The van der Waals surface area contributed by atoms with Crippen LogP contribution in [-0.2, 0) is 4.74 Å². The van der Waals surface area contributed by atoms with Gasteiger partial charge < -0.3 is 4.74 Å². The SMILES string of the molecule is CCCCOC1CCC(CCC2CCC(c3cc(F)c(-c4cc(F)c(Cl)c(F)c4)c(F)c3)CC2)CC1. The van der Waals surface area contributed by atoms with E-state index in [9.17, 15) is 17.6 Å². The second-order valence-electron chi connectivity index (χ2n) is 10.8. The third kappa shape index (κ3) is 6.83. The fourth-order valence-electron chi connectivity index (χ4n) is 6.04. The summed E-state index contributed by atoms with van der Waals surface area (Å²) in [5, 5.41) is -0.683. The smallest absolute Gasteiger partial charge is 0.145 e. The molecule has 0 N–H and O–H groups in total. The van der Waals surface area contributed by atoms with E-state index in [4.69, 9.17) is 16.3 Å². The fourth-order valence-corrected chi connectivity index (χ4v) is 6.15. The van der Waals surface area contributed by atoms with E-state index in [1.165, 1.54) is 57.1 Å². The lowest BCUT2D eigenvalue weighted by atomic mass is 9.75. The van der Waals surface area contributed by atoms with Crippen molar-refractivity contribution >= 4 is 11.6 Å². The van der Waals surface area contributed by atoms with Crippen molar-refractivity contribution in [2.24, 2.45) is 11.8 Å². The van der Waals surface area contributed by atoms with Gasteiger partial charge in [-0.05, 0) is 111 Å². The normalized spacial score (nSPS) is 24.7. The van der Waals surface area contributed by atoms with Crippen LogP contribution in [-0.4, -0.2) is 12.7 Å². The Morgan fingerprint density at radius 3 is 1.81 bits per heavy atom. The van der Waals surface area contributed by atoms with Gasteiger partial charge in [-0.15, -0.1) is 0 Å². The zero-order valence-corrected chi connectivity index (χ0v) is 21.9. The number of hydrogen-bond acceptors (Lipinski definition) is 1. The predicted octanol–water partition coefficient (Wildman–Crippen LogP) is 9.99. The number of benzene rings is 2. The molecule has 2 aromatic carbocycles. The van der Waals surface area contributed by atoms with Gasteiger partial charge in [0.15, 0.2) is 0 Å². The van der Waals surface area contributed by atoms with E-state index in [-0.39, 0.29) is 11.5 Å². The second kappa shape index (κ2) is 12.8. The third-order valence-corrected chi connectivity index (χ3v) is 8.64. The molecule has 0 unspecified atom stereocenters. The van der Waals surface area contributed by atoms with Gasteiger partial charge in [-0.1, -0.05) is 37.8 Å². The van der Waals surface area contributed by atoms with Crippen LogP contribution >= 0.6 is 11.6 Å². The minimum atomic E-state index is -1.04. The van der Waals surface area contributed by atoms with Gasteiger partial charge in [0.05, 0.1) is 11.7 Å². The average Bonchev–Trinajstić information content (AvgIpc) is 2.87. The van der Waals surface area contributed by atoms with Gasteiger partial charge in [0.2, 0.25) is 0 Å². The number of hydrogen-bond donors (Lipinski definition) is 0. The molecule has 0 aromatic heterocycles. The monoisotopic (exact) mass is 524 g/mol. The molecule has 198 valence electrons. The molecule has 0 atom stereocenters. The molecule has 2 aliphatic carbocycles. The van der Waals surface area contributed by atoms with Crippen LogP contribution in [0.3, 0.4) is 0 Å². The molecule has 0 amide bonds. The van der Waals surface area contributed by atoms with Crippen LogP contribution in [0.25, 0.3) is 11.1 Å². The summed E-state index contributed by atoms with van der Waals surface area (Å²) in [6, 6.07) is 4.39. The Labute approximate surface area is 217 Å². The molecule has 0 radical (unpaired) electrons. The highest BCUT2D eigenvalue weighted by atomic mass is 35.5. The predicted molar refractivity (Wildman–Crippen MR) is 137 cm³/mol. The molecule has 6 heteroatoms. The Bertz CT molecular complexity index is 964. The largest absolute Gasteiger partial charge is 0.378 e. The first-order chi connectivity index (χ1) is 17.4. The van der Waals surface area contributed by atoms with Crippen molar-refractivity contribution in [3.63, 3.8) is 0 Å². The van der Waals surface area contributed by atoms with Gasteiger partial charge in [-0.25, -0.2) is 17.6 Å². The Morgan fingerprint density at radius 1 is 0.750 bits per heavy atom. The van der Waals surface area contributed by atoms with Crippen LogP contribution in [0.15, 0.2) is 24.3 Å². The third-order valence-electron chi connectivity index (χ3n) is 8.28. The minimum Gasteiger partial charge on any atom is -0.378 e. The molecular formula is C30H37ClF4O. The van der Waals surface area contributed by atoms with E-state index in [1.807, 2.05) is 0 Å². The number of halogens is 5. The van der Waals surface area contributed by atoms with Gasteiger partial charge in [0.1, 0.15) is 28.3 Å². The quantitative estimate of drug-likeness (QED) is 0.180. The molecule has 0 spiro atoms. The van der Waals surface area contributed by atoms with Crippen molar-refractivity contribution in [3.05, 3.63) is 58.1 Å². The highest BCUT2D eigenvalue weighted by Crippen LogP contribution is 2.41. The molecular weight excluding hydrogens is 488 g/mol. The van der Waals surface area contributed by atoms with Crippen LogP contribution in [0.4, 0.5) is 17.6 Å². The van der Waals surface area contributed by atoms with Gasteiger partial charge in [0.25, 0.3) is 0 Å². The number of rotatable bonds is 9. The van der Waals surface area contributed by atoms with Gasteiger partial charge in [0, 0.05) is 6.61 Å². The van der Waals surface area contributed by atoms with Crippen LogP contribution in [0.2, 0.25) is 5.02 Å². The van der Waals surface area contributed by atoms with Gasteiger partial charge >= 0.3 is 0 Å². The Hall–Kier alpha value is -1.59. The van der Waals surface area contributed by atoms with Crippen LogP contribution in [0.1, 0.15) is 95.5 Å². The summed E-state index contributed by atoms with van der Waals surface area (Å²) in [4.78, 5) is 0. The number of unbranched alkanes of at least 4 members (excludes halogenated alkanes) is 1. The Kier molecular flexibility index (Phi) is 9.74. The maximum absolute atomic E-state index is 14.9. The summed E-state index contributed by atoms with van der Waals surface area (Å²) in [6.07, 6.45) is 14.1. The lowest BCUT2D eigenvalue weighted by Crippen LogP contribution is -2.23. The van der Waals surface area contributed by atoms with E-state index in [0.717, 1.165) is 56.8 Å². The summed E-state index contributed by atoms with van der Waals surface area (Å²) in [6.45, 7) is 3.08. The topological polar surface area (TPSA) is 9.23 Å². The molecule has 0 heterocycles. The first kappa shape index (κ1) is 27.4. The first-order valence-corrected chi connectivity index (χ1v) is 14.0. The number of ether oxygens (including phenoxy) is 1. The Morgan fingerprint density at radius 2 is 1.28 bits per heavy atom. The van der Waals surface area contributed by atoms with E-state index in [1.54, 1.807) is 0 Å². The van der Waals surface area contributed by atoms with Crippen LogP contribution < -0.4 is 0 Å². The zero-order valence-electron chi connectivity index (χ0n) is 21.1. The lowest BCUT2D eigenvalue weighted by Gasteiger charge is -2.32. The summed E-state index contributed by atoms with van der Waals surface area (Å²) in [5.41, 5.74) is 0.0112. The maximum Gasteiger partial charge on any atom is 0.145 e. The average molecular weight is 525 g/mol. The summed E-state index contributed by atoms with van der Waals surface area (Å²) >= 11 is 5.51. The van der Waals surface area contributed by atoms with Crippen molar-refractivity contribution in [1.82, 2.24) is 0 Å². The van der Waals surface area contributed by atoms with E-state index in [0.29, 0.717) is 17.6 Å². The van der Waals surface area contributed by atoms with E-state index in [2.05, 4.69) is 6.92 Å². The molecule has 0 aliphatic heterocycles. The van der Waals surface area contributed by atoms with Crippen molar-refractivity contribution in [3.8, 4) is 11.1 Å².